The summed E-state index contributed by atoms with van der Waals surface area (Å²) >= 11 is 0. The number of hydrogen-bond donors (Lipinski definition) is 2. The van der Waals surface area contributed by atoms with E-state index in [0.29, 0.717) is 12.2 Å². The molecule has 0 radical (unpaired) electrons. The Labute approximate surface area is 178 Å². The van der Waals surface area contributed by atoms with Gasteiger partial charge >= 0.3 is 6.09 Å². The van der Waals surface area contributed by atoms with Crippen LogP contribution in [0.4, 0.5) is 4.79 Å². The van der Waals surface area contributed by atoms with E-state index in [-0.39, 0.29) is 53.8 Å². The molecule has 3 heterocycles. The van der Waals surface area contributed by atoms with E-state index in [1.54, 1.807) is 6.92 Å². The third-order valence-electron chi connectivity index (χ3n) is 6.60. The number of methoxy groups -OCH3 is 1. The zero-order valence-corrected chi connectivity index (χ0v) is 17.2. The third-order valence-corrected chi connectivity index (χ3v) is 6.60. The van der Waals surface area contributed by atoms with Crippen molar-refractivity contribution in [2.24, 2.45) is 11.7 Å². The van der Waals surface area contributed by atoms with Crippen molar-refractivity contribution >= 4 is 17.7 Å². The van der Waals surface area contributed by atoms with E-state index < -0.39 is 17.7 Å². The Kier molecular flexibility index (Phi) is 4.42. The van der Waals surface area contributed by atoms with Crippen molar-refractivity contribution in [3.63, 3.8) is 0 Å². The molecule has 162 valence electrons. The van der Waals surface area contributed by atoms with Gasteiger partial charge in [-0.05, 0) is 12.5 Å². The molecule has 3 N–H and O–H groups in total. The molecule has 1 aromatic carbocycles. The van der Waals surface area contributed by atoms with Crippen LogP contribution < -0.4 is 11.1 Å². The van der Waals surface area contributed by atoms with Crippen molar-refractivity contribution in [1.29, 1.82) is 0 Å². The van der Waals surface area contributed by atoms with Gasteiger partial charge in [-0.2, -0.15) is 0 Å². The van der Waals surface area contributed by atoms with Crippen LogP contribution >= 0.6 is 0 Å². The number of ketones is 2. The first-order valence-electron chi connectivity index (χ1n) is 10.1. The van der Waals surface area contributed by atoms with E-state index in [9.17, 15) is 14.4 Å². The van der Waals surface area contributed by atoms with E-state index in [4.69, 9.17) is 19.9 Å². The first-order valence-corrected chi connectivity index (χ1v) is 10.1. The summed E-state index contributed by atoms with van der Waals surface area (Å²) in [6.07, 6.45) is -0.952. The summed E-state index contributed by atoms with van der Waals surface area (Å²) in [4.78, 5) is 40.2. The van der Waals surface area contributed by atoms with Gasteiger partial charge in [0.15, 0.2) is 11.5 Å². The van der Waals surface area contributed by atoms with E-state index >= 15 is 0 Å². The van der Waals surface area contributed by atoms with E-state index in [2.05, 4.69) is 5.32 Å². The van der Waals surface area contributed by atoms with Crippen molar-refractivity contribution in [2.75, 3.05) is 20.3 Å². The van der Waals surface area contributed by atoms with Crippen molar-refractivity contribution in [1.82, 2.24) is 10.2 Å². The molecule has 4 atom stereocenters. The number of rotatable bonds is 6. The molecule has 31 heavy (non-hydrogen) atoms. The minimum Gasteiger partial charge on any atom is -0.484 e. The summed E-state index contributed by atoms with van der Waals surface area (Å²) in [6.45, 7) is 2.11. The largest absolute Gasteiger partial charge is 0.484 e. The normalized spacial score (nSPS) is 30.9. The number of hydrogen-bond acceptors (Lipinski definition) is 8. The summed E-state index contributed by atoms with van der Waals surface area (Å²) in [6, 6.07) is 9.45. The summed E-state index contributed by atoms with van der Waals surface area (Å²) in [7, 11) is 1.53. The fourth-order valence-corrected chi connectivity index (χ4v) is 5.17. The number of amides is 1. The molecule has 0 bridgehead atoms. The van der Waals surface area contributed by atoms with E-state index in [1.807, 2.05) is 35.2 Å². The Hall–Kier alpha value is -3.17. The van der Waals surface area contributed by atoms with Gasteiger partial charge in [-0.15, -0.1) is 0 Å². The molecule has 3 aliphatic heterocycles. The van der Waals surface area contributed by atoms with Crippen molar-refractivity contribution in [3.8, 4) is 0 Å². The van der Waals surface area contributed by atoms with Crippen LogP contribution in [-0.4, -0.2) is 60.6 Å². The highest BCUT2D eigenvalue weighted by Crippen LogP contribution is 2.55. The quantitative estimate of drug-likeness (QED) is 0.501. The molecule has 5 rings (SSSR count). The monoisotopic (exact) mass is 425 g/mol. The van der Waals surface area contributed by atoms with Crippen LogP contribution in [0.3, 0.4) is 0 Å². The molecule has 0 spiro atoms. The second-order valence-corrected chi connectivity index (χ2v) is 8.15. The molecule has 9 heteroatoms. The van der Waals surface area contributed by atoms with Gasteiger partial charge in [0, 0.05) is 30.8 Å². The number of Topliss-reactive ketones (excluding diaryl/α,β-unsaturated/α-hetero) is 2. The maximum atomic E-state index is 13.6. The predicted octanol–water partition coefficient (Wildman–Crippen LogP) is 0.607. The summed E-state index contributed by atoms with van der Waals surface area (Å²) in [5.74, 6) is -1.32. The standard InChI is InChI=1S/C22H23N3O6/c1-11-17(26)16-15(18(27)19(11)30-9-12-6-4-3-5-7-12)13(10-31-21(23)28)22(29-2)20-14(24-20)8-25(16)22/h3-7,13-14,20,24H,8-10H2,1-2H3,(H2,23,28). The number of ether oxygens (including phenoxy) is 3. The Balaban J connectivity index is 1.51. The minimum absolute atomic E-state index is 0.0180. The van der Waals surface area contributed by atoms with Gasteiger partial charge in [0.25, 0.3) is 0 Å². The summed E-state index contributed by atoms with van der Waals surface area (Å²) in [5, 5.41) is 3.32. The van der Waals surface area contributed by atoms with Crippen LogP contribution in [0.2, 0.25) is 0 Å². The summed E-state index contributed by atoms with van der Waals surface area (Å²) in [5.41, 5.74) is 5.90. The van der Waals surface area contributed by atoms with Crippen LogP contribution in [0.1, 0.15) is 12.5 Å². The average Bonchev–Trinajstić information content (AvgIpc) is 3.37. The lowest BCUT2D eigenvalue weighted by Crippen LogP contribution is -2.55. The molecular formula is C22H23N3O6. The van der Waals surface area contributed by atoms with Gasteiger partial charge in [-0.3, -0.25) is 9.59 Å². The van der Waals surface area contributed by atoms with Crippen LogP contribution in [0.15, 0.2) is 52.9 Å². The lowest BCUT2D eigenvalue weighted by molar-refractivity contribution is -0.137. The second kappa shape index (κ2) is 6.93. The maximum Gasteiger partial charge on any atom is 0.404 e. The van der Waals surface area contributed by atoms with Gasteiger partial charge in [-0.25, -0.2) is 4.79 Å². The first-order chi connectivity index (χ1) is 14.9. The van der Waals surface area contributed by atoms with E-state index in [1.165, 1.54) is 7.11 Å². The topological polar surface area (TPSA) is 130 Å². The second-order valence-electron chi connectivity index (χ2n) is 8.15. The highest BCUT2D eigenvalue weighted by Gasteiger charge is 2.72. The number of nitrogens with zero attached hydrogens (tertiary/aromatic N) is 1. The van der Waals surface area contributed by atoms with Crippen LogP contribution in [0.5, 0.6) is 0 Å². The molecule has 4 aliphatic rings. The molecule has 2 saturated heterocycles. The van der Waals surface area contributed by atoms with Gasteiger partial charge in [0.1, 0.15) is 13.2 Å². The number of allylic oxidation sites excluding steroid dienone is 2. The van der Waals surface area contributed by atoms with Crippen LogP contribution in [0, 0.1) is 5.92 Å². The van der Waals surface area contributed by atoms with Crippen LogP contribution in [-0.2, 0) is 30.4 Å². The van der Waals surface area contributed by atoms with Gasteiger partial charge < -0.3 is 30.2 Å². The van der Waals surface area contributed by atoms with Crippen LogP contribution in [0.25, 0.3) is 0 Å². The Bertz CT molecular complexity index is 1050. The smallest absolute Gasteiger partial charge is 0.404 e. The molecule has 0 aromatic heterocycles. The molecule has 1 amide bonds. The molecule has 0 saturated carbocycles. The fraction of sp³-hybridized carbons (Fsp3) is 0.409. The Morgan fingerprint density at radius 2 is 2.00 bits per heavy atom. The number of nitrogens with one attached hydrogen (secondary N) is 1. The first kappa shape index (κ1) is 19.8. The van der Waals surface area contributed by atoms with Gasteiger partial charge in [0.05, 0.1) is 17.7 Å². The van der Waals surface area contributed by atoms with E-state index in [0.717, 1.165) is 5.56 Å². The number of benzene rings is 1. The van der Waals surface area contributed by atoms with Crippen molar-refractivity contribution < 1.29 is 28.6 Å². The fourth-order valence-electron chi connectivity index (χ4n) is 5.17. The van der Waals surface area contributed by atoms with Crippen molar-refractivity contribution in [2.45, 2.75) is 31.3 Å². The highest BCUT2D eigenvalue weighted by atomic mass is 16.6. The number of nitrogens with two attached hydrogens (primary N) is 1. The Morgan fingerprint density at radius 3 is 2.68 bits per heavy atom. The highest BCUT2D eigenvalue weighted by molar-refractivity contribution is 6.25. The zero-order valence-electron chi connectivity index (χ0n) is 17.2. The SMILES string of the molecule is COC12C(COC(N)=O)C3=C(C(=O)C(C)=C(OCc4ccccc4)C3=O)N1CC1NC12. The average molecular weight is 425 g/mol. The Morgan fingerprint density at radius 1 is 1.26 bits per heavy atom. The molecule has 4 unspecified atom stereocenters. The zero-order chi connectivity index (χ0) is 21.9. The third kappa shape index (κ3) is 2.73. The lowest BCUT2D eigenvalue weighted by Gasteiger charge is -2.39. The number of carbonyl (C=O) groups is 3. The molecular weight excluding hydrogens is 402 g/mol. The predicted molar refractivity (Wildman–Crippen MR) is 107 cm³/mol. The number of piperazine rings is 1. The van der Waals surface area contributed by atoms with Gasteiger partial charge in [-0.1, -0.05) is 30.3 Å². The number of fused-ring (bicyclic) bond motifs is 4. The van der Waals surface area contributed by atoms with Gasteiger partial charge in [0.2, 0.25) is 11.6 Å². The molecule has 2 fully saturated rings. The molecule has 1 aliphatic carbocycles. The molecule has 9 nitrogen and oxygen atoms in total. The number of primary amides is 1. The summed E-state index contributed by atoms with van der Waals surface area (Å²) < 4.78 is 16.9. The number of carbonyl (C=O) groups excluding carboxylic acids is 3. The van der Waals surface area contributed by atoms with Crippen molar-refractivity contribution in [3.05, 3.63) is 58.5 Å². The lowest BCUT2D eigenvalue weighted by atomic mass is 9.83. The maximum absolute atomic E-state index is 13.6. The minimum atomic E-state index is -0.995. The molecule has 1 aromatic rings.